The van der Waals surface area contributed by atoms with Crippen molar-refractivity contribution in [3.63, 3.8) is 0 Å². The summed E-state index contributed by atoms with van der Waals surface area (Å²) in [6.07, 6.45) is 2.03. The molecule has 0 amide bonds. The molecule has 0 radical (unpaired) electrons. The van der Waals surface area contributed by atoms with Crippen LogP contribution in [0.25, 0.3) is 0 Å². The topological polar surface area (TPSA) is 0 Å². The molecule has 1 fully saturated rings. The fourth-order valence-corrected chi connectivity index (χ4v) is 2.33. The van der Waals surface area contributed by atoms with Crippen molar-refractivity contribution in [1.29, 1.82) is 0 Å². The summed E-state index contributed by atoms with van der Waals surface area (Å²) in [5, 5.41) is 0. The first-order chi connectivity index (χ1) is 8.54. The minimum absolute atomic E-state index is 0.271. The molecule has 1 unspecified atom stereocenters. The van der Waals surface area contributed by atoms with Gasteiger partial charge in [0.05, 0.1) is 0 Å². The lowest BCUT2D eigenvalue weighted by molar-refractivity contribution is 0.308. The fourth-order valence-electron chi connectivity index (χ4n) is 2.33. The lowest BCUT2D eigenvalue weighted by Gasteiger charge is -2.28. The van der Waals surface area contributed by atoms with Crippen molar-refractivity contribution in [2.75, 3.05) is 0 Å². The van der Waals surface area contributed by atoms with Crippen molar-refractivity contribution in [2.45, 2.75) is 51.3 Å². The highest BCUT2D eigenvalue weighted by Gasteiger charge is 2.21. The first-order valence-electron chi connectivity index (χ1n) is 7.59. The van der Waals surface area contributed by atoms with E-state index in [0.717, 1.165) is 24.8 Å². The molecule has 0 nitrogen and oxygen atoms in total. The monoisotopic (exact) mass is 205 g/mol. The summed E-state index contributed by atoms with van der Waals surface area (Å²) >= 11 is 0. The molecule has 1 aromatic carbocycles. The maximum Gasteiger partial charge on any atom is 0.0273 e. The normalized spacial score (nSPS) is 37.7. The third kappa shape index (κ3) is 2.84. The lowest BCUT2D eigenvalue weighted by Crippen LogP contribution is -2.13. The Bertz CT molecular complexity index is 375. The maximum atomic E-state index is 8.31. The van der Waals surface area contributed by atoms with Crippen LogP contribution in [-0.2, 0) is 0 Å². The standard InChI is InChI=1S/C15H22/c1-2-6-13-9-11-15(12-10-13)14-7-4-3-5-8-14/h3-5,7-8,13,15H,2,6,9-12H2,1H3/t13-,15?/i11D,12D2/t11-,13-,15?/m1/s1. The smallest absolute Gasteiger partial charge is 0.0273 e. The van der Waals surface area contributed by atoms with Gasteiger partial charge in [0, 0.05) is 4.11 Å². The Morgan fingerprint density at radius 2 is 2.07 bits per heavy atom. The Hall–Kier alpha value is -0.780. The number of rotatable bonds is 3. The summed E-state index contributed by atoms with van der Waals surface area (Å²) in [5.41, 5.74) is 0.984. The molecule has 1 aliphatic carbocycles. The molecule has 1 aliphatic rings. The SMILES string of the molecule is [2H][C@@H]1C[C@@H](CCC)CC([2H])([2H])C1c1ccccc1. The Kier molecular flexibility index (Phi) is 2.67. The Morgan fingerprint density at radius 3 is 2.73 bits per heavy atom. The van der Waals surface area contributed by atoms with Gasteiger partial charge in [0.1, 0.15) is 0 Å². The van der Waals surface area contributed by atoms with E-state index >= 15 is 0 Å². The second-order valence-corrected chi connectivity index (χ2v) is 4.42. The molecule has 0 saturated heterocycles. The average molecular weight is 205 g/mol. The van der Waals surface area contributed by atoms with Crippen LogP contribution in [0.3, 0.4) is 0 Å². The van der Waals surface area contributed by atoms with E-state index in [-0.39, 0.29) is 12.3 Å². The van der Waals surface area contributed by atoms with Gasteiger partial charge in [0.2, 0.25) is 0 Å². The second-order valence-electron chi connectivity index (χ2n) is 4.42. The van der Waals surface area contributed by atoms with Gasteiger partial charge in [-0.2, -0.15) is 0 Å². The van der Waals surface area contributed by atoms with Crippen LogP contribution in [0.5, 0.6) is 0 Å². The zero-order valence-electron chi connectivity index (χ0n) is 12.4. The third-order valence-electron chi connectivity index (χ3n) is 3.19. The first-order valence-corrected chi connectivity index (χ1v) is 6.02. The van der Waals surface area contributed by atoms with E-state index < -0.39 is 6.37 Å². The van der Waals surface area contributed by atoms with Gasteiger partial charge in [-0.3, -0.25) is 0 Å². The molecule has 0 aromatic heterocycles. The van der Waals surface area contributed by atoms with Gasteiger partial charge in [0.15, 0.2) is 0 Å². The molecule has 0 bridgehead atoms. The molecule has 2 rings (SSSR count). The third-order valence-corrected chi connectivity index (χ3v) is 3.19. The van der Waals surface area contributed by atoms with E-state index in [9.17, 15) is 0 Å². The predicted molar refractivity (Wildman–Crippen MR) is 66.0 cm³/mol. The molecule has 1 aromatic rings. The van der Waals surface area contributed by atoms with E-state index in [4.69, 9.17) is 4.11 Å². The van der Waals surface area contributed by atoms with Crippen molar-refractivity contribution in [3.8, 4) is 0 Å². The van der Waals surface area contributed by atoms with Crippen LogP contribution in [-0.4, -0.2) is 0 Å². The summed E-state index contributed by atoms with van der Waals surface area (Å²) in [6.45, 7) is 2.14. The molecule has 3 atom stereocenters. The first kappa shape index (κ1) is 7.49. The maximum absolute atomic E-state index is 8.31. The fraction of sp³-hybridized carbons (Fsp3) is 0.600. The molecule has 0 heteroatoms. The van der Waals surface area contributed by atoms with E-state index in [1.54, 1.807) is 0 Å². The largest absolute Gasteiger partial charge is 0.0654 e. The van der Waals surface area contributed by atoms with Gasteiger partial charge in [-0.05, 0) is 43.0 Å². The van der Waals surface area contributed by atoms with E-state index in [1.807, 2.05) is 30.3 Å². The molecule has 0 spiro atoms. The van der Waals surface area contributed by atoms with E-state index in [0.29, 0.717) is 12.3 Å². The van der Waals surface area contributed by atoms with Crippen molar-refractivity contribution >= 4 is 0 Å². The second kappa shape index (κ2) is 5.34. The van der Waals surface area contributed by atoms with Crippen LogP contribution in [0, 0.1) is 5.92 Å². The quantitative estimate of drug-likeness (QED) is 0.667. The van der Waals surface area contributed by atoms with E-state index in [1.165, 1.54) is 0 Å². The zero-order chi connectivity index (χ0) is 13.2. The Balaban J connectivity index is 2.21. The van der Waals surface area contributed by atoms with Crippen LogP contribution in [0.1, 0.15) is 61.0 Å². The summed E-state index contributed by atoms with van der Waals surface area (Å²) < 4.78 is 24.9. The lowest BCUT2D eigenvalue weighted by atomic mass is 9.77. The minimum atomic E-state index is -1.24. The van der Waals surface area contributed by atoms with Crippen molar-refractivity contribution < 1.29 is 4.11 Å². The highest BCUT2D eigenvalue weighted by Crippen LogP contribution is 2.37. The Labute approximate surface area is 97.9 Å². The van der Waals surface area contributed by atoms with E-state index in [2.05, 4.69) is 6.92 Å². The summed E-state index contributed by atoms with van der Waals surface area (Å²) in [6, 6.07) is 9.75. The zero-order valence-corrected chi connectivity index (χ0v) is 9.45. The number of benzene rings is 1. The molecule has 82 valence electrons. The molecular weight excluding hydrogens is 180 g/mol. The summed E-state index contributed by atoms with van der Waals surface area (Å²) in [7, 11) is 0. The number of hydrogen-bond acceptors (Lipinski definition) is 0. The van der Waals surface area contributed by atoms with Crippen LogP contribution in [0.15, 0.2) is 30.3 Å². The number of hydrogen-bond donors (Lipinski definition) is 0. The molecular formula is C15H22. The minimum Gasteiger partial charge on any atom is -0.0654 e. The molecule has 1 saturated carbocycles. The van der Waals surface area contributed by atoms with Crippen LogP contribution >= 0.6 is 0 Å². The van der Waals surface area contributed by atoms with Gasteiger partial charge >= 0.3 is 0 Å². The van der Waals surface area contributed by atoms with Crippen LogP contribution in [0.4, 0.5) is 0 Å². The van der Waals surface area contributed by atoms with Gasteiger partial charge < -0.3 is 0 Å². The molecule has 0 aliphatic heterocycles. The highest BCUT2D eigenvalue weighted by atomic mass is 14.3. The highest BCUT2D eigenvalue weighted by molar-refractivity contribution is 5.19. The van der Waals surface area contributed by atoms with Crippen molar-refractivity contribution in [2.24, 2.45) is 5.92 Å². The summed E-state index contributed by atoms with van der Waals surface area (Å²) in [5.74, 6) is 0.110. The van der Waals surface area contributed by atoms with Crippen LogP contribution in [0.2, 0.25) is 0 Å². The van der Waals surface area contributed by atoms with Crippen LogP contribution < -0.4 is 0 Å². The Morgan fingerprint density at radius 1 is 1.27 bits per heavy atom. The van der Waals surface area contributed by atoms with Gasteiger partial charge in [-0.1, -0.05) is 50.1 Å². The van der Waals surface area contributed by atoms with Gasteiger partial charge in [0.25, 0.3) is 0 Å². The predicted octanol–water partition coefficient (Wildman–Crippen LogP) is 4.76. The van der Waals surface area contributed by atoms with Gasteiger partial charge in [-0.15, -0.1) is 0 Å². The van der Waals surface area contributed by atoms with Crippen molar-refractivity contribution in [3.05, 3.63) is 35.9 Å². The molecule has 0 N–H and O–H groups in total. The molecule has 15 heavy (non-hydrogen) atoms. The molecule has 0 heterocycles. The summed E-state index contributed by atoms with van der Waals surface area (Å²) in [4.78, 5) is 0. The van der Waals surface area contributed by atoms with Gasteiger partial charge in [-0.25, -0.2) is 0 Å². The van der Waals surface area contributed by atoms with Crippen molar-refractivity contribution in [1.82, 2.24) is 0 Å². The average Bonchev–Trinajstić information content (AvgIpc) is 2.28.